The first-order chi connectivity index (χ1) is 14.3. The maximum absolute atomic E-state index is 13.0. The van der Waals surface area contributed by atoms with E-state index in [4.69, 9.17) is 16.3 Å². The van der Waals surface area contributed by atoms with E-state index in [9.17, 15) is 9.59 Å². The molecule has 0 radical (unpaired) electrons. The van der Waals surface area contributed by atoms with E-state index < -0.39 is 6.04 Å². The van der Waals surface area contributed by atoms with Crippen molar-refractivity contribution >= 4 is 39.3 Å². The summed E-state index contributed by atoms with van der Waals surface area (Å²) in [6, 6.07) is 12.3. The molecule has 1 atom stereocenters. The van der Waals surface area contributed by atoms with Crippen molar-refractivity contribution in [3.05, 3.63) is 63.1 Å². The highest BCUT2D eigenvalue weighted by molar-refractivity contribution is 9.10. The molecular weight excluding hydrogens is 468 g/mol. The van der Waals surface area contributed by atoms with Gasteiger partial charge in [0.15, 0.2) is 6.61 Å². The Labute approximate surface area is 191 Å². The summed E-state index contributed by atoms with van der Waals surface area (Å²) in [7, 11) is 0. The van der Waals surface area contributed by atoms with Crippen LogP contribution in [0.4, 0.5) is 0 Å². The van der Waals surface area contributed by atoms with Crippen molar-refractivity contribution in [1.82, 2.24) is 10.2 Å². The molecule has 0 unspecified atom stereocenters. The minimum Gasteiger partial charge on any atom is -0.484 e. The van der Waals surface area contributed by atoms with E-state index in [1.54, 1.807) is 30.0 Å². The second kappa shape index (κ2) is 12.0. The van der Waals surface area contributed by atoms with Crippen LogP contribution in [0.5, 0.6) is 5.75 Å². The monoisotopic (exact) mass is 494 g/mol. The quantitative estimate of drug-likeness (QED) is 0.465. The maximum Gasteiger partial charge on any atom is 0.261 e. The lowest BCUT2D eigenvalue weighted by molar-refractivity contribution is -0.142. The number of benzene rings is 2. The molecule has 0 aliphatic rings. The van der Waals surface area contributed by atoms with Crippen LogP contribution in [0, 0.1) is 6.92 Å². The Hall–Kier alpha value is -2.05. The normalized spacial score (nSPS) is 11.6. The SMILES string of the molecule is CCCCNC(=O)[C@H](C)N(Cc1ccc(Br)cc1)C(=O)COc1ccc(Cl)c(C)c1. The number of hydrogen-bond acceptors (Lipinski definition) is 3. The lowest BCUT2D eigenvalue weighted by atomic mass is 10.1. The van der Waals surface area contributed by atoms with Gasteiger partial charge in [0.1, 0.15) is 11.8 Å². The average molecular weight is 496 g/mol. The van der Waals surface area contributed by atoms with Crippen molar-refractivity contribution in [3.63, 3.8) is 0 Å². The zero-order valence-corrected chi connectivity index (χ0v) is 19.9. The van der Waals surface area contributed by atoms with Crippen LogP contribution in [0.2, 0.25) is 5.02 Å². The molecule has 0 fully saturated rings. The number of aryl methyl sites for hydroxylation is 1. The van der Waals surface area contributed by atoms with Gasteiger partial charge in [0.05, 0.1) is 0 Å². The van der Waals surface area contributed by atoms with Crippen LogP contribution in [-0.4, -0.2) is 35.9 Å². The summed E-state index contributed by atoms with van der Waals surface area (Å²) in [6.45, 7) is 6.43. The van der Waals surface area contributed by atoms with Crippen LogP contribution in [0.1, 0.15) is 37.8 Å². The fourth-order valence-corrected chi connectivity index (χ4v) is 3.22. The number of nitrogens with zero attached hydrogens (tertiary/aromatic N) is 1. The predicted molar refractivity (Wildman–Crippen MR) is 124 cm³/mol. The zero-order valence-electron chi connectivity index (χ0n) is 17.6. The van der Waals surface area contributed by atoms with E-state index >= 15 is 0 Å². The standard InChI is InChI=1S/C23H28BrClN2O3/c1-4-5-12-26-23(29)17(3)27(14-18-6-8-19(24)9-7-18)22(28)15-30-20-10-11-21(25)16(2)13-20/h6-11,13,17H,4-5,12,14-15H2,1-3H3,(H,26,29)/t17-/m0/s1. The molecule has 0 spiro atoms. The first-order valence-corrected chi connectivity index (χ1v) is 11.2. The van der Waals surface area contributed by atoms with Gasteiger partial charge in [-0.3, -0.25) is 9.59 Å². The van der Waals surface area contributed by atoms with E-state index in [0.29, 0.717) is 23.9 Å². The molecule has 0 aliphatic heterocycles. The van der Waals surface area contributed by atoms with Gasteiger partial charge < -0.3 is 15.0 Å². The first kappa shape index (κ1) is 24.2. The molecule has 2 aromatic rings. The van der Waals surface area contributed by atoms with E-state index in [1.807, 2.05) is 31.2 Å². The molecule has 5 nitrogen and oxygen atoms in total. The predicted octanol–water partition coefficient (Wildman–Crippen LogP) is 5.12. The molecule has 2 aromatic carbocycles. The lowest BCUT2D eigenvalue weighted by Gasteiger charge is -2.28. The highest BCUT2D eigenvalue weighted by Crippen LogP contribution is 2.21. The van der Waals surface area contributed by atoms with Crippen molar-refractivity contribution in [1.29, 1.82) is 0 Å². The Morgan fingerprint density at radius 3 is 2.53 bits per heavy atom. The molecule has 0 aromatic heterocycles. The number of carbonyl (C=O) groups is 2. The van der Waals surface area contributed by atoms with Gasteiger partial charge in [0, 0.05) is 22.6 Å². The smallest absolute Gasteiger partial charge is 0.261 e. The Morgan fingerprint density at radius 2 is 1.90 bits per heavy atom. The number of nitrogens with one attached hydrogen (secondary N) is 1. The van der Waals surface area contributed by atoms with E-state index in [1.165, 1.54) is 0 Å². The van der Waals surface area contributed by atoms with Gasteiger partial charge in [-0.2, -0.15) is 0 Å². The largest absolute Gasteiger partial charge is 0.484 e. The van der Waals surface area contributed by atoms with Crippen molar-refractivity contribution in [3.8, 4) is 5.75 Å². The van der Waals surface area contributed by atoms with Crippen LogP contribution in [0.15, 0.2) is 46.9 Å². The Morgan fingerprint density at radius 1 is 1.20 bits per heavy atom. The Kier molecular flexibility index (Phi) is 9.66. The summed E-state index contributed by atoms with van der Waals surface area (Å²) in [5.74, 6) is 0.133. The molecule has 0 heterocycles. The number of halogens is 2. The van der Waals surface area contributed by atoms with E-state index in [2.05, 4.69) is 28.2 Å². The van der Waals surface area contributed by atoms with Gasteiger partial charge in [-0.15, -0.1) is 0 Å². The molecule has 0 aliphatic carbocycles. The fourth-order valence-electron chi connectivity index (χ4n) is 2.84. The van der Waals surface area contributed by atoms with E-state index in [0.717, 1.165) is 28.4 Å². The van der Waals surface area contributed by atoms with Crippen LogP contribution < -0.4 is 10.1 Å². The summed E-state index contributed by atoms with van der Waals surface area (Å²) in [5, 5.41) is 3.55. The summed E-state index contributed by atoms with van der Waals surface area (Å²) in [6.07, 6.45) is 1.89. The third-order valence-corrected chi connectivity index (χ3v) is 5.71. The van der Waals surface area contributed by atoms with E-state index in [-0.39, 0.29) is 18.4 Å². The van der Waals surface area contributed by atoms with Crippen LogP contribution >= 0.6 is 27.5 Å². The van der Waals surface area contributed by atoms with Gasteiger partial charge in [0.2, 0.25) is 5.91 Å². The first-order valence-electron chi connectivity index (χ1n) is 10.0. The number of ether oxygens (including phenoxy) is 1. The zero-order chi connectivity index (χ0) is 22.1. The molecule has 0 saturated heterocycles. The fraction of sp³-hybridized carbons (Fsp3) is 0.391. The van der Waals surface area contributed by atoms with Gasteiger partial charge in [-0.1, -0.05) is 53.0 Å². The summed E-state index contributed by atoms with van der Waals surface area (Å²) < 4.78 is 6.64. The molecule has 7 heteroatoms. The molecule has 1 N–H and O–H groups in total. The molecule has 0 bridgehead atoms. The highest BCUT2D eigenvalue weighted by Gasteiger charge is 2.26. The number of amides is 2. The lowest BCUT2D eigenvalue weighted by Crippen LogP contribution is -2.49. The Bertz CT molecular complexity index is 858. The second-order valence-corrected chi connectivity index (χ2v) is 8.49. The third kappa shape index (κ3) is 7.33. The van der Waals surface area contributed by atoms with Crippen LogP contribution in [0.25, 0.3) is 0 Å². The average Bonchev–Trinajstić information content (AvgIpc) is 2.73. The Balaban J connectivity index is 2.11. The minimum absolute atomic E-state index is 0.163. The van der Waals surface area contributed by atoms with Crippen molar-refractivity contribution in [2.24, 2.45) is 0 Å². The summed E-state index contributed by atoms with van der Waals surface area (Å²) in [4.78, 5) is 27.1. The molecule has 2 rings (SSSR count). The third-order valence-electron chi connectivity index (χ3n) is 4.75. The number of unbranched alkanes of at least 4 members (excludes halogenated alkanes) is 1. The molecule has 2 amide bonds. The van der Waals surface area contributed by atoms with Crippen LogP contribution in [-0.2, 0) is 16.1 Å². The number of hydrogen-bond donors (Lipinski definition) is 1. The molecule has 30 heavy (non-hydrogen) atoms. The maximum atomic E-state index is 13.0. The van der Waals surface area contributed by atoms with Gasteiger partial charge in [-0.25, -0.2) is 0 Å². The minimum atomic E-state index is -0.617. The number of carbonyl (C=O) groups excluding carboxylic acids is 2. The van der Waals surface area contributed by atoms with Crippen LogP contribution in [0.3, 0.4) is 0 Å². The highest BCUT2D eigenvalue weighted by atomic mass is 79.9. The number of rotatable bonds is 10. The molecule has 0 saturated carbocycles. The molecule has 162 valence electrons. The summed E-state index contributed by atoms with van der Waals surface area (Å²) >= 11 is 9.46. The van der Waals surface area contributed by atoms with Crippen molar-refractivity contribution < 1.29 is 14.3 Å². The second-order valence-electron chi connectivity index (χ2n) is 7.17. The summed E-state index contributed by atoms with van der Waals surface area (Å²) in [5.41, 5.74) is 1.80. The van der Waals surface area contributed by atoms with Gasteiger partial charge in [-0.05, 0) is 61.7 Å². The van der Waals surface area contributed by atoms with Gasteiger partial charge in [0.25, 0.3) is 5.91 Å². The van der Waals surface area contributed by atoms with Gasteiger partial charge >= 0.3 is 0 Å². The molecular formula is C23H28BrClN2O3. The van der Waals surface area contributed by atoms with Crippen molar-refractivity contribution in [2.45, 2.75) is 46.2 Å². The van der Waals surface area contributed by atoms with Crippen molar-refractivity contribution in [2.75, 3.05) is 13.2 Å². The topological polar surface area (TPSA) is 58.6 Å².